The van der Waals surface area contributed by atoms with Crippen LogP contribution < -0.4 is 5.32 Å². The summed E-state index contributed by atoms with van der Waals surface area (Å²) in [4.78, 5) is 38.5. The summed E-state index contributed by atoms with van der Waals surface area (Å²) in [7, 11) is 0. The molecule has 1 N–H and O–H groups in total. The lowest BCUT2D eigenvalue weighted by Crippen LogP contribution is -2.24. The Balaban J connectivity index is 1.67. The van der Waals surface area contributed by atoms with Crippen LogP contribution in [0.3, 0.4) is 0 Å². The number of amides is 1. The van der Waals surface area contributed by atoms with Gasteiger partial charge in [0, 0.05) is 5.39 Å². The molecule has 0 aliphatic rings. The Morgan fingerprint density at radius 3 is 2.29 bits per heavy atom. The van der Waals surface area contributed by atoms with E-state index in [0.717, 1.165) is 27.6 Å². The number of nitrogens with one attached hydrogen (secondary N) is 1. The van der Waals surface area contributed by atoms with Gasteiger partial charge in [0.05, 0.1) is 24.0 Å². The Morgan fingerprint density at radius 2 is 1.63 bits per heavy atom. The van der Waals surface area contributed by atoms with Crippen molar-refractivity contribution in [1.29, 1.82) is 0 Å². The third-order valence-electron chi connectivity index (χ3n) is 6.03. The van der Waals surface area contributed by atoms with Crippen LogP contribution in [-0.2, 0) is 14.3 Å². The van der Waals surface area contributed by atoms with E-state index in [2.05, 4.69) is 34.6 Å². The molecule has 3 aromatic heterocycles. The average Bonchev–Trinajstić information content (AvgIpc) is 3.39. The van der Waals surface area contributed by atoms with Gasteiger partial charge in [-0.1, -0.05) is 23.4 Å². The van der Waals surface area contributed by atoms with Crippen molar-refractivity contribution in [3.05, 3.63) is 51.8 Å². The maximum atomic E-state index is 13.2. The van der Waals surface area contributed by atoms with Gasteiger partial charge in [-0.15, -0.1) is 10.2 Å². The fourth-order valence-corrected chi connectivity index (χ4v) is 5.26. The van der Waals surface area contributed by atoms with E-state index >= 15 is 0 Å². The molecular weight excluding hydrogens is 508 g/mol. The first-order valence-corrected chi connectivity index (χ1v) is 13.2. The highest BCUT2D eigenvalue weighted by Crippen LogP contribution is 2.32. The fourth-order valence-electron chi connectivity index (χ4n) is 4.40. The SMILES string of the molecule is CCOC(=O)c1c(C)oc(NC(=O)C(C)Sc2nnc3cc(C)c4cc(C)cc(C)c4n23)c1C(=O)OCC. The van der Waals surface area contributed by atoms with E-state index in [1.807, 2.05) is 24.3 Å². The van der Waals surface area contributed by atoms with Crippen LogP contribution in [0.1, 0.15) is 63.9 Å². The molecule has 0 saturated carbocycles. The largest absolute Gasteiger partial charge is 0.462 e. The molecule has 1 aromatic carbocycles. The zero-order chi connectivity index (χ0) is 27.7. The highest BCUT2D eigenvalue weighted by Gasteiger charge is 2.32. The summed E-state index contributed by atoms with van der Waals surface area (Å²) in [6.07, 6.45) is 0. The third-order valence-corrected chi connectivity index (χ3v) is 7.07. The van der Waals surface area contributed by atoms with Gasteiger partial charge < -0.3 is 13.9 Å². The number of carbonyl (C=O) groups excluding carboxylic acids is 3. The molecule has 0 aliphatic heterocycles. The number of rotatable bonds is 8. The molecule has 0 saturated heterocycles. The molecule has 1 unspecified atom stereocenters. The first-order valence-electron chi connectivity index (χ1n) is 12.3. The zero-order valence-corrected chi connectivity index (χ0v) is 23.2. The summed E-state index contributed by atoms with van der Waals surface area (Å²) in [5.41, 5.74) is 4.74. The van der Waals surface area contributed by atoms with E-state index in [1.165, 1.54) is 18.7 Å². The van der Waals surface area contributed by atoms with Crippen LogP contribution in [0.15, 0.2) is 27.8 Å². The molecule has 0 radical (unpaired) electrons. The Kier molecular flexibility index (Phi) is 7.77. The summed E-state index contributed by atoms with van der Waals surface area (Å²) in [5, 5.41) is 12.3. The highest BCUT2D eigenvalue weighted by atomic mass is 32.2. The molecular formula is C27H30N4O6S. The minimum atomic E-state index is -0.793. The van der Waals surface area contributed by atoms with E-state index in [4.69, 9.17) is 13.9 Å². The summed E-state index contributed by atoms with van der Waals surface area (Å²) in [6.45, 7) is 12.8. The number of hydrogen-bond donors (Lipinski definition) is 1. The number of furan rings is 1. The van der Waals surface area contributed by atoms with Gasteiger partial charge in [-0.2, -0.15) is 0 Å². The lowest BCUT2D eigenvalue weighted by Gasteiger charge is -2.13. The summed E-state index contributed by atoms with van der Waals surface area (Å²) in [6, 6.07) is 6.19. The lowest BCUT2D eigenvalue weighted by atomic mass is 10.0. The third kappa shape index (κ3) is 4.98. The van der Waals surface area contributed by atoms with Gasteiger partial charge in [0.15, 0.2) is 10.8 Å². The van der Waals surface area contributed by atoms with Gasteiger partial charge in [-0.05, 0) is 71.7 Å². The van der Waals surface area contributed by atoms with E-state index in [1.54, 1.807) is 20.8 Å². The van der Waals surface area contributed by atoms with Crippen molar-refractivity contribution in [2.45, 2.75) is 58.9 Å². The summed E-state index contributed by atoms with van der Waals surface area (Å²) >= 11 is 1.22. The maximum Gasteiger partial charge on any atom is 0.344 e. The van der Waals surface area contributed by atoms with Gasteiger partial charge in [0.1, 0.15) is 16.9 Å². The number of thioether (sulfide) groups is 1. The minimum absolute atomic E-state index is 0.0723. The van der Waals surface area contributed by atoms with Gasteiger partial charge in [-0.3, -0.25) is 14.5 Å². The molecule has 0 bridgehead atoms. The van der Waals surface area contributed by atoms with Crippen LogP contribution in [0, 0.1) is 27.7 Å². The number of aromatic nitrogens is 3. The molecule has 4 aromatic rings. The van der Waals surface area contributed by atoms with Crippen LogP contribution in [0.4, 0.5) is 5.88 Å². The van der Waals surface area contributed by atoms with Crippen molar-refractivity contribution in [2.75, 3.05) is 18.5 Å². The van der Waals surface area contributed by atoms with Gasteiger partial charge >= 0.3 is 11.9 Å². The van der Waals surface area contributed by atoms with Crippen molar-refractivity contribution in [2.24, 2.45) is 0 Å². The maximum absolute atomic E-state index is 13.2. The summed E-state index contributed by atoms with van der Waals surface area (Å²) in [5.74, 6) is -2.01. The average molecular weight is 539 g/mol. The van der Waals surface area contributed by atoms with Crippen molar-refractivity contribution in [1.82, 2.24) is 14.6 Å². The van der Waals surface area contributed by atoms with Crippen molar-refractivity contribution < 1.29 is 28.3 Å². The predicted molar refractivity (Wildman–Crippen MR) is 144 cm³/mol. The number of hydrogen-bond acceptors (Lipinski definition) is 9. The number of carbonyl (C=O) groups is 3. The first-order chi connectivity index (χ1) is 18.1. The van der Waals surface area contributed by atoms with Crippen molar-refractivity contribution >= 4 is 52.0 Å². The molecule has 4 rings (SSSR count). The monoisotopic (exact) mass is 538 g/mol. The summed E-state index contributed by atoms with van der Waals surface area (Å²) < 4.78 is 17.8. The number of aryl methyl sites for hydroxylation is 4. The highest BCUT2D eigenvalue weighted by molar-refractivity contribution is 8.00. The van der Waals surface area contributed by atoms with Crippen LogP contribution in [0.25, 0.3) is 16.6 Å². The Morgan fingerprint density at radius 1 is 0.974 bits per heavy atom. The normalized spacial score (nSPS) is 12.1. The number of esters is 2. The number of nitrogens with zero attached hydrogens (tertiary/aromatic N) is 3. The topological polar surface area (TPSA) is 125 Å². The standard InChI is InChI=1S/C27H30N4O6S/c1-8-35-25(33)20-16(6)37-24(21(20)26(34)36-9-2)28-23(32)17(7)38-27-30-29-19-12-14(4)18-11-13(3)10-15(5)22(18)31(19)27/h10-12,17H,8-9H2,1-7H3,(H,28,32). The molecule has 11 heteroatoms. The van der Waals surface area contributed by atoms with Gasteiger partial charge in [-0.25, -0.2) is 9.59 Å². The molecule has 1 amide bonds. The smallest absolute Gasteiger partial charge is 0.344 e. The lowest BCUT2D eigenvalue weighted by molar-refractivity contribution is -0.115. The van der Waals surface area contributed by atoms with Gasteiger partial charge in [0.25, 0.3) is 0 Å². The zero-order valence-electron chi connectivity index (χ0n) is 22.4. The molecule has 38 heavy (non-hydrogen) atoms. The van der Waals surface area contributed by atoms with Crippen molar-refractivity contribution in [3.8, 4) is 0 Å². The molecule has 200 valence electrons. The second-order valence-electron chi connectivity index (χ2n) is 8.91. The number of anilines is 1. The van der Waals surface area contributed by atoms with E-state index in [9.17, 15) is 14.4 Å². The van der Waals surface area contributed by atoms with E-state index < -0.39 is 23.1 Å². The van der Waals surface area contributed by atoms with Crippen LogP contribution in [0.2, 0.25) is 0 Å². The number of benzene rings is 1. The molecule has 3 heterocycles. The van der Waals surface area contributed by atoms with E-state index in [-0.39, 0.29) is 36.0 Å². The number of pyridine rings is 1. The molecule has 10 nitrogen and oxygen atoms in total. The van der Waals surface area contributed by atoms with Gasteiger partial charge in [0.2, 0.25) is 11.8 Å². The quantitative estimate of drug-likeness (QED) is 0.238. The molecule has 0 fully saturated rings. The number of fused-ring (bicyclic) bond motifs is 3. The van der Waals surface area contributed by atoms with Crippen LogP contribution in [-0.4, -0.2) is 50.9 Å². The van der Waals surface area contributed by atoms with E-state index in [0.29, 0.717) is 10.8 Å². The molecule has 1 atom stereocenters. The molecule has 0 aliphatic carbocycles. The Bertz CT molecular complexity index is 1570. The second kappa shape index (κ2) is 10.9. The Labute approximate surface area is 224 Å². The van der Waals surface area contributed by atoms with Crippen LogP contribution in [0.5, 0.6) is 0 Å². The van der Waals surface area contributed by atoms with Crippen LogP contribution >= 0.6 is 11.8 Å². The second-order valence-corrected chi connectivity index (χ2v) is 10.2. The Hall–Kier alpha value is -3.86. The fraction of sp³-hybridized carbons (Fsp3) is 0.370. The first kappa shape index (κ1) is 27.2. The molecule has 0 spiro atoms. The number of ether oxygens (including phenoxy) is 2. The predicted octanol–water partition coefficient (Wildman–Crippen LogP) is 5.18. The van der Waals surface area contributed by atoms with Crippen molar-refractivity contribution in [3.63, 3.8) is 0 Å². The minimum Gasteiger partial charge on any atom is -0.462 e.